The van der Waals surface area contributed by atoms with E-state index in [1.807, 2.05) is 0 Å². The predicted molar refractivity (Wildman–Crippen MR) is 74.9 cm³/mol. The minimum Gasteiger partial charge on any atom is -0.481 e. The predicted octanol–water partition coefficient (Wildman–Crippen LogP) is 2.96. The largest absolute Gasteiger partial charge is 0.481 e. The van der Waals surface area contributed by atoms with Crippen LogP contribution in [0.15, 0.2) is 0 Å². The number of aliphatic carboxylic acids is 1. The Hall–Kier alpha value is -1.06. The van der Waals surface area contributed by atoms with E-state index in [1.54, 1.807) is 0 Å². The Morgan fingerprint density at radius 2 is 1.68 bits per heavy atom. The van der Waals surface area contributed by atoms with Gasteiger partial charge in [-0.15, -0.1) is 0 Å². The Kier molecular flexibility index (Phi) is 5.39. The first-order chi connectivity index (χ1) is 8.72. The Morgan fingerprint density at radius 3 is 2.16 bits per heavy atom. The van der Waals surface area contributed by atoms with Crippen molar-refractivity contribution in [2.75, 3.05) is 6.54 Å². The monoisotopic (exact) mass is 269 g/mol. The molecule has 0 bridgehead atoms. The number of carboxylic acids is 1. The molecule has 4 heteroatoms. The van der Waals surface area contributed by atoms with Gasteiger partial charge in [0, 0.05) is 13.0 Å². The third-order valence-corrected chi connectivity index (χ3v) is 3.79. The molecule has 0 saturated heterocycles. The molecule has 0 heterocycles. The van der Waals surface area contributed by atoms with Crippen LogP contribution in [-0.2, 0) is 9.59 Å². The highest BCUT2D eigenvalue weighted by Crippen LogP contribution is 2.42. The van der Waals surface area contributed by atoms with Gasteiger partial charge in [0.25, 0.3) is 0 Å². The van der Waals surface area contributed by atoms with Gasteiger partial charge in [-0.05, 0) is 23.7 Å². The van der Waals surface area contributed by atoms with Crippen molar-refractivity contribution in [1.82, 2.24) is 5.32 Å². The van der Waals surface area contributed by atoms with E-state index in [0.29, 0.717) is 13.0 Å². The summed E-state index contributed by atoms with van der Waals surface area (Å²) in [7, 11) is 0. The van der Waals surface area contributed by atoms with Crippen LogP contribution in [0.3, 0.4) is 0 Å². The zero-order valence-corrected chi connectivity index (χ0v) is 12.4. The van der Waals surface area contributed by atoms with Gasteiger partial charge in [-0.3, -0.25) is 9.59 Å². The third kappa shape index (κ3) is 6.08. The van der Waals surface area contributed by atoms with E-state index in [2.05, 4.69) is 26.1 Å². The molecule has 0 atom stereocenters. The maximum atomic E-state index is 12.0. The molecule has 0 aliphatic heterocycles. The molecule has 0 radical (unpaired) electrons. The molecule has 0 aromatic heterocycles. The Balaban J connectivity index is 2.57. The quantitative estimate of drug-likeness (QED) is 0.806. The summed E-state index contributed by atoms with van der Waals surface area (Å²) in [6, 6.07) is 0. The molecule has 19 heavy (non-hydrogen) atoms. The Labute approximate surface area is 116 Å². The van der Waals surface area contributed by atoms with Crippen molar-refractivity contribution < 1.29 is 14.7 Å². The first kappa shape index (κ1) is 16.0. The van der Waals surface area contributed by atoms with E-state index in [4.69, 9.17) is 5.11 Å². The fourth-order valence-electron chi connectivity index (χ4n) is 2.81. The fraction of sp³-hybridized carbons (Fsp3) is 0.867. The van der Waals surface area contributed by atoms with E-state index in [0.717, 1.165) is 32.1 Å². The smallest absolute Gasteiger partial charge is 0.303 e. The molecular formula is C15H27NO3. The van der Waals surface area contributed by atoms with Gasteiger partial charge in [0.05, 0.1) is 6.42 Å². The number of rotatable bonds is 5. The Morgan fingerprint density at radius 1 is 1.11 bits per heavy atom. The van der Waals surface area contributed by atoms with Gasteiger partial charge in [0.1, 0.15) is 0 Å². The minimum atomic E-state index is -0.787. The van der Waals surface area contributed by atoms with Crippen molar-refractivity contribution in [1.29, 1.82) is 0 Å². The van der Waals surface area contributed by atoms with Gasteiger partial charge < -0.3 is 10.4 Å². The number of carbonyl (C=O) groups is 2. The van der Waals surface area contributed by atoms with Gasteiger partial charge in [0.15, 0.2) is 0 Å². The average molecular weight is 269 g/mol. The zero-order chi connectivity index (χ0) is 14.5. The summed E-state index contributed by atoms with van der Waals surface area (Å²) in [6.07, 6.45) is 5.44. The van der Waals surface area contributed by atoms with E-state index < -0.39 is 5.97 Å². The van der Waals surface area contributed by atoms with E-state index in [1.165, 1.54) is 0 Å². The molecule has 1 rings (SSSR count). The molecule has 1 amide bonds. The van der Waals surface area contributed by atoms with Crippen LogP contribution < -0.4 is 5.32 Å². The van der Waals surface area contributed by atoms with Gasteiger partial charge in [-0.25, -0.2) is 0 Å². The van der Waals surface area contributed by atoms with Crippen molar-refractivity contribution in [2.24, 2.45) is 10.8 Å². The normalized spacial score (nSPS) is 18.9. The van der Waals surface area contributed by atoms with Gasteiger partial charge >= 0.3 is 5.97 Å². The second-order valence-corrected chi connectivity index (χ2v) is 7.15. The number of nitrogens with one attached hydrogen (secondary N) is 1. The molecule has 1 fully saturated rings. The summed E-state index contributed by atoms with van der Waals surface area (Å²) in [6.45, 7) is 6.84. The number of carboxylic acid groups (broad SMARTS) is 1. The van der Waals surface area contributed by atoms with Crippen molar-refractivity contribution in [3.05, 3.63) is 0 Å². The second kappa shape index (κ2) is 6.40. The number of hydrogen-bond donors (Lipinski definition) is 2. The molecular weight excluding hydrogens is 242 g/mol. The van der Waals surface area contributed by atoms with Crippen molar-refractivity contribution >= 4 is 11.9 Å². The van der Waals surface area contributed by atoms with Crippen molar-refractivity contribution in [2.45, 2.75) is 65.7 Å². The van der Waals surface area contributed by atoms with Crippen molar-refractivity contribution in [3.63, 3.8) is 0 Å². The lowest BCUT2D eigenvalue weighted by Gasteiger charge is -2.35. The molecule has 110 valence electrons. The summed E-state index contributed by atoms with van der Waals surface area (Å²) in [5, 5.41) is 12.0. The van der Waals surface area contributed by atoms with E-state index in [-0.39, 0.29) is 23.2 Å². The highest BCUT2D eigenvalue weighted by molar-refractivity contribution is 5.78. The van der Waals surface area contributed by atoms with Crippen molar-refractivity contribution in [3.8, 4) is 0 Å². The maximum Gasteiger partial charge on any atom is 0.303 e. The zero-order valence-electron chi connectivity index (χ0n) is 12.4. The molecule has 1 aliphatic rings. The highest BCUT2D eigenvalue weighted by atomic mass is 16.4. The van der Waals surface area contributed by atoms with Gasteiger partial charge in [0.2, 0.25) is 5.91 Å². The van der Waals surface area contributed by atoms with Gasteiger partial charge in [-0.1, -0.05) is 40.0 Å². The number of amides is 1. The second-order valence-electron chi connectivity index (χ2n) is 7.15. The first-order valence-electron chi connectivity index (χ1n) is 7.21. The van der Waals surface area contributed by atoms with Crippen LogP contribution in [-0.4, -0.2) is 23.5 Å². The first-order valence-corrected chi connectivity index (χ1v) is 7.21. The molecule has 1 aliphatic carbocycles. The molecule has 0 aromatic rings. The Bertz CT molecular complexity index is 325. The lowest BCUT2D eigenvalue weighted by molar-refractivity contribution is -0.141. The SMILES string of the molecule is CC(C)(C)CNC(=O)CC1(CC(=O)O)CCCCC1. The summed E-state index contributed by atoms with van der Waals surface area (Å²) in [4.78, 5) is 23.1. The van der Waals surface area contributed by atoms with Crippen LogP contribution in [0.25, 0.3) is 0 Å². The molecule has 0 spiro atoms. The summed E-state index contributed by atoms with van der Waals surface area (Å²) in [5.74, 6) is -0.788. The van der Waals surface area contributed by atoms with Crippen LogP contribution in [0.4, 0.5) is 0 Å². The lowest BCUT2D eigenvalue weighted by Crippen LogP contribution is -2.38. The summed E-state index contributed by atoms with van der Waals surface area (Å²) < 4.78 is 0. The van der Waals surface area contributed by atoms with E-state index in [9.17, 15) is 9.59 Å². The fourth-order valence-corrected chi connectivity index (χ4v) is 2.81. The lowest BCUT2D eigenvalue weighted by atomic mass is 9.69. The highest BCUT2D eigenvalue weighted by Gasteiger charge is 2.36. The van der Waals surface area contributed by atoms with Crippen LogP contribution in [0.1, 0.15) is 65.7 Å². The topological polar surface area (TPSA) is 66.4 Å². The van der Waals surface area contributed by atoms with E-state index >= 15 is 0 Å². The summed E-state index contributed by atoms with van der Waals surface area (Å²) in [5.41, 5.74) is -0.256. The number of carbonyl (C=O) groups excluding carboxylic acids is 1. The number of hydrogen-bond acceptors (Lipinski definition) is 2. The molecule has 0 aromatic carbocycles. The van der Waals surface area contributed by atoms with Crippen LogP contribution >= 0.6 is 0 Å². The third-order valence-electron chi connectivity index (χ3n) is 3.79. The molecule has 2 N–H and O–H groups in total. The molecule has 0 unspecified atom stereocenters. The van der Waals surface area contributed by atoms with Crippen LogP contribution in [0.5, 0.6) is 0 Å². The molecule has 1 saturated carbocycles. The minimum absolute atomic E-state index is 0.00178. The standard InChI is InChI=1S/C15H27NO3/c1-14(2,3)11-16-12(17)9-15(10-13(18)19)7-5-4-6-8-15/h4-11H2,1-3H3,(H,16,17)(H,18,19). The van der Waals surface area contributed by atoms with Gasteiger partial charge in [-0.2, -0.15) is 0 Å². The van der Waals surface area contributed by atoms with Crippen LogP contribution in [0, 0.1) is 10.8 Å². The van der Waals surface area contributed by atoms with Crippen LogP contribution in [0.2, 0.25) is 0 Å². The average Bonchev–Trinajstić information content (AvgIpc) is 2.25. The molecule has 4 nitrogen and oxygen atoms in total. The maximum absolute atomic E-state index is 12.0. The summed E-state index contributed by atoms with van der Waals surface area (Å²) >= 11 is 0.